The van der Waals surface area contributed by atoms with E-state index in [4.69, 9.17) is 4.74 Å². The molecule has 4 rings (SSSR count). The predicted octanol–water partition coefficient (Wildman–Crippen LogP) is 1.65. The van der Waals surface area contributed by atoms with Crippen molar-refractivity contribution in [3.05, 3.63) is 36.0 Å². The van der Waals surface area contributed by atoms with Crippen molar-refractivity contribution >= 4 is 22.7 Å². The maximum Gasteiger partial charge on any atom is 0.249 e. The number of hydrogen-bond acceptors (Lipinski definition) is 3. The Balaban J connectivity index is 1.51. The first kappa shape index (κ1) is 16.1. The molecule has 1 saturated heterocycles. The molecule has 2 aromatic rings. The number of rotatable bonds is 6. The first-order valence-corrected chi connectivity index (χ1v) is 8.98. The van der Waals surface area contributed by atoms with Crippen LogP contribution in [0.15, 0.2) is 30.5 Å². The summed E-state index contributed by atoms with van der Waals surface area (Å²) in [5.41, 5.74) is 2.06. The number of hydrogen-bond donors (Lipinski definition) is 3. The van der Waals surface area contributed by atoms with Crippen LogP contribution in [-0.4, -0.2) is 41.6 Å². The minimum Gasteiger partial charge on any atom is -0.368 e. The lowest BCUT2D eigenvalue weighted by Gasteiger charge is -2.20. The van der Waals surface area contributed by atoms with Crippen LogP contribution >= 0.6 is 0 Å². The van der Waals surface area contributed by atoms with Gasteiger partial charge >= 0.3 is 0 Å². The van der Waals surface area contributed by atoms with Gasteiger partial charge in [0.1, 0.15) is 12.1 Å². The summed E-state index contributed by atoms with van der Waals surface area (Å²) in [4.78, 5) is 28.3. The molecule has 2 heterocycles. The number of aromatic amines is 1. The van der Waals surface area contributed by atoms with Gasteiger partial charge in [-0.2, -0.15) is 0 Å². The van der Waals surface area contributed by atoms with E-state index in [2.05, 4.69) is 15.6 Å². The Morgan fingerprint density at radius 2 is 2.08 bits per heavy atom. The van der Waals surface area contributed by atoms with E-state index in [1.165, 1.54) is 0 Å². The molecule has 6 nitrogen and oxygen atoms in total. The van der Waals surface area contributed by atoms with Crippen molar-refractivity contribution in [2.75, 3.05) is 6.61 Å². The van der Waals surface area contributed by atoms with Crippen LogP contribution in [0.2, 0.25) is 0 Å². The molecule has 6 heteroatoms. The molecular weight excluding hydrogens is 318 g/mol. The van der Waals surface area contributed by atoms with E-state index in [9.17, 15) is 9.59 Å². The lowest BCUT2D eigenvalue weighted by molar-refractivity contribution is -0.134. The van der Waals surface area contributed by atoms with E-state index in [1.54, 1.807) is 0 Å². The standard InChI is InChI=1S/C19H23N3O3/c23-18(21-13-7-8-13)16(22-19(24)17-6-3-9-25-17)10-12-11-20-15-5-2-1-4-14(12)15/h1-2,4-5,11,13,16-17,20H,3,6-10H2,(H,21,23)(H,22,24)/t16-,17?/m1/s1. The molecular formula is C19H23N3O3. The molecule has 0 spiro atoms. The molecule has 2 amide bonds. The molecule has 2 aliphatic rings. The minimum absolute atomic E-state index is 0.112. The number of carbonyl (C=O) groups excluding carboxylic acids is 2. The van der Waals surface area contributed by atoms with Gasteiger partial charge in [-0.05, 0) is 37.3 Å². The van der Waals surface area contributed by atoms with Gasteiger partial charge in [0.2, 0.25) is 11.8 Å². The molecule has 0 bridgehead atoms. The van der Waals surface area contributed by atoms with E-state index >= 15 is 0 Å². The highest BCUT2D eigenvalue weighted by molar-refractivity contribution is 5.91. The fourth-order valence-corrected chi connectivity index (χ4v) is 3.31. The van der Waals surface area contributed by atoms with Gasteiger partial charge in [0, 0.05) is 36.2 Å². The third kappa shape index (κ3) is 3.69. The number of H-pyrrole nitrogens is 1. The van der Waals surface area contributed by atoms with Gasteiger partial charge in [0.15, 0.2) is 0 Å². The zero-order valence-corrected chi connectivity index (χ0v) is 14.1. The zero-order chi connectivity index (χ0) is 17.2. The van der Waals surface area contributed by atoms with Crippen molar-refractivity contribution in [1.82, 2.24) is 15.6 Å². The highest BCUT2D eigenvalue weighted by Crippen LogP contribution is 2.22. The van der Waals surface area contributed by atoms with Crippen molar-refractivity contribution < 1.29 is 14.3 Å². The number of amides is 2. The summed E-state index contributed by atoms with van der Waals surface area (Å²) in [5, 5.41) is 6.99. The van der Waals surface area contributed by atoms with Crippen molar-refractivity contribution in [3.63, 3.8) is 0 Å². The van der Waals surface area contributed by atoms with E-state index < -0.39 is 12.1 Å². The third-order valence-corrected chi connectivity index (χ3v) is 4.88. The molecule has 2 fully saturated rings. The second-order valence-corrected chi connectivity index (χ2v) is 6.91. The maximum atomic E-state index is 12.6. The highest BCUT2D eigenvalue weighted by Gasteiger charge is 2.31. The molecule has 0 radical (unpaired) electrons. The predicted molar refractivity (Wildman–Crippen MR) is 94.1 cm³/mol. The Hall–Kier alpha value is -2.34. The largest absolute Gasteiger partial charge is 0.368 e. The van der Waals surface area contributed by atoms with Gasteiger partial charge in [-0.25, -0.2) is 0 Å². The summed E-state index contributed by atoms with van der Waals surface area (Å²) >= 11 is 0. The zero-order valence-electron chi connectivity index (χ0n) is 14.1. The van der Waals surface area contributed by atoms with E-state index in [0.717, 1.165) is 42.1 Å². The number of para-hydroxylation sites is 1. The number of carbonyl (C=O) groups is 2. The SMILES string of the molecule is O=C(N[C@H](Cc1c[nH]c2ccccc12)C(=O)NC1CC1)C1CCCO1. The molecule has 1 aromatic carbocycles. The normalized spacial score (nSPS) is 21.2. The molecule has 2 atom stereocenters. The first-order chi connectivity index (χ1) is 12.2. The molecule has 1 aliphatic carbocycles. The Morgan fingerprint density at radius 3 is 2.84 bits per heavy atom. The number of aromatic nitrogens is 1. The fraction of sp³-hybridized carbons (Fsp3) is 0.474. The highest BCUT2D eigenvalue weighted by atomic mass is 16.5. The van der Waals surface area contributed by atoms with Gasteiger partial charge in [0.25, 0.3) is 0 Å². The average molecular weight is 341 g/mol. The topological polar surface area (TPSA) is 83.2 Å². The van der Waals surface area contributed by atoms with Crippen molar-refractivity contribution in [1.29, 1.82) is 0 Å². The monoisotopic (exact) mass is 341 g/mol. The van der Waals surface area contributed by atoms with Gasteiger partial charge in [-0.15, -0.1) is 0 Å². The summed E-state index contributed by atoms with van der Waals surface area (Å²) < 4.78 is 5.44. The van der Waals surface area contributed by atoms with Crippen LogP contribution in [0, 0.1) is 0 Å². The number of ether oxygens (including phenoxy) is 1. The van der Waals surface area contributed by atoms with E-state index in [-0.39, 0.29) is 17.9 Å². The second-order valence-electron chi connectivity index (χ2n) is 6.91. The van der Waals surface area contributed by atoms with Crippen LogP contribution in [-0.2, 0) is 20.7 Å². The Kier molecular flexibility index (Phi) is 4.44. The summed E-state index contributed by atoms with van der Waals surface area (Å²) in [6.07, 6.45) is 5.59. The average Bonchev–Trinajstić information content (AvgIpc) is 3.12. The molecule has 1 aliphatic heterocycles. The lowest BCUT2D eigenvalue weighted by Crippen LogP contribution is -2.51. The van der Waals surface area contributed by atoms with Gasteiger partial charge < -0.3 is 20.4 Å². The summed E-state index contributed by atoms with van der Waals surface area (Å²) in [6.45, 7) is 0.611. The van der Waals surface area contributed by atoms with Crippen LogP contribution in [0.25, 0.3) is 10.9 Å². The Morgan fingerprint density at radius 1 is 1.24 bits per heavy atom. The summed E-state index contributed by atoms with van der Waals surface area (Å²) in [6, 6.07) is 7.65. The molecule has 1 aromatic heterocycles. The van der Waals surface area contributed by atoms with Crippen molar-refractivity contribution in [3.8, 4) is 0 Å². The summed E-state index contributed by atoms with van der Waals surface area (Å²) in [7, 11) is 0. The lowest BCUT2D eigenvalue weighted by atomic mass is 10.0. The number of benzene rings is 1. The Bertz CT molecular complexity index is 775. The van der Waals surface area contributed by atoms with Gasteiger partial charge in [-0.3, -0.25) is 9.59 Å². The van der Waals surface area contributed by atoms with E-state index in [0.29, 0.717) is 13.0 Å². The van der Waals surface area contributed by atoms with Crippen LogP contribution in [0.1, 0.15) is 31.2 Å². The van der Waals surface area contributed by atoms with Crippen LogP contribution in [0.4, 0.5) is 0 Å². The third-order valence-electron chi connectivity index (χ3n) is 4.88. The second kappa shape index (κ2) is 6.88. The van der Waals surface area contributed by atoms with Crippen molar-refractivity contribution in [2.24, 2.45) is 0 Å². The van der Waals surface area contributed by atoms with Crippen LogP contribution < -0.4 is 10.6 Å². The molecule has 132 valence electrons. The quantitative estimate of drug-likeness (QED) is 0.747. The first-order valence-electron chi connectivity index (χ1n) is 8.98. The number of fused-ring (bicyclic) bond motifs is 1. The van der Waals surface area contributed by atoms with E-state index in [1.807, 2.05) is 30.5 Å². The van der Waals surface area contributed by atoms with Crippen LogP contribution in [0.3, 0.4) is 0 Å². The number of nitrogens with one attached hydrogen (secondary N) is 3. The molecule has 25 heavy (non-hydrogen) atoms. The fourth-order valence-electron chi connectivity index (χ4n) is 3.31. The maximum absolute atomic E-state index is 12.6. The van der Waals surface area contributed by atoms with Gasteiger partial charge in [0.05, 0.1) is 0 Å². The Labute approximate surface area is 146 Å². The molecule has 3 N–H and O–H groups in total. The molecule has 1 saturated carbocycles. The van der Waals surface area contributed by atoms with Crippen molar-refractivity contribution in [2.45, 2.75) is 50.3 Å². The van der Waals surface area contributed by atoms with Crippen LogP contribution in [0.5, 0.6) is 0 Å². The smallest absolute Gasteiger partial charge is 0.249 e. The summed E-state index contributed by atoms with van der Waals surface area (Å²) in [5.74, 6) is -0.299. The molecule has 1 unspecified atom stereocenters. The van der Waals surface area contributed by atoms with Gasteiger partial charge in [-0.1, -0.05) is 18.2 Å². The minimum atomic E-state index is -0.587.